The number of esters is 3. The summed E-state index contributed by atoms with van der Waals surface area (Å²) in [5.74, 6) is -4.43. The van der Waals surface area contributed by atoms with Crippen LogP contribution in [0.3, 0.4) is 0 Å². The Morgan fingerprint density at radius 1 is 0.833 bits per heavy atom. The van der Waals surface area contributed by atoms with Gasteiger partial charge >= 0.3 is 17.9 Å². The molecule has 0 spiro atoms. The molecule has 2 N–H and O–H groups in total. The summed E-state index contributed by atoms with van der Waals surface area (Å²) >= 11 is 0. The molecule has 0 saturated carbocycles. The molecule has 1 aliphatic heterocycles. The maximum Gasteiger partial charge on any atom is 0.349 e. The van der Waals surface area contributed by atoms with Crippen LogP contribution < -0.4 is 10.6 Å². The molecule has 2 aliphatic carbocycles. The predicted octanol–water partition coefficient (Wildman–Crippen LogP) is 4.90. The Balaban J connectivity index is 1.36. The van der Waals surface area contributed by atoms with Crippen molar-refractivity contribution in [2.24, 2.45) is 10.8 Å². The lowest BCUT2D eigenvalue weighted by Gasteiger charge is -2.35. The van der Waals surface area contributed by atoms with Crippen molar-refractivity contribution in [2.75, 3.05) is 39.5 Å². The summed E-state index contributed by atoms with van der Waals surface area (Å²) in [4.78, 5) is 48.6. The third-order valence-corrected chi connectivity index (χ3v) is 8.03. The van der Waals surface area contributed by atoms with E-state index in [1.807, 2.05) is 12.2 Å². The average molecular weight is 675 g/mol. The zero-order valence-corrected chi connectivity index (χ0v) is 30.1. The molecule has 268 valence electrons. The van der Waals surface area contributed by atoms with Crippen LogP contribution >= 0.6 is 0 Å². The number of carbonyl (C=O) groups excluding carboxylic acids is 4. The van der Waals surface area contributed by atoms with Gasteiger partial charge in [0, 0.05) is 64.4 Å². The van der Waals surface area contributed by atoms with E-state index in [1.54, 1.807) is 6.92 Å². The smallest absolute Gasteiger partial charge is 0.349 e. The Labute approximate surface area is 284 Å². The summed E-state index contributed by atoms with van der Waals surface area (Å²) in [5.41, 5.74) is 3.75. The second-order valence-corrected chi connectivity index (χ2v) is 15.0. The predicted molar refractivity (Wildman–Crippen MR) is 178 cm³/mol. The fourth-order valence-corrected chi connectivity index (χ4v) is 5.96. The Morgan fingerprint density at radius 2 is 1.40 bits per heavy atom. The zero-order valence-electron chi connectivity index (χ0n) is 30.1. The average Bonchev–Trinajstić information content (AvgIpc) is 2.92. The number of nitrogens with one attached hydrogen (secondary N) is 2. The van der Waals surface area contributed by atoms with Crippen molar-refractivity contribution in [3.05, 3.63) is 45.8 Å². The molecule has 1 fully saturated rings. The van der Waals surface area contributed by atoms with Crippen LogP contribution in [0, 0.1) is 10.8 Å². The number of allylic oxidation sites excluding steroid dienone is 6. The van der Waals surface area contributed by atoms with E-state index in [1.165, 1.54) is 27.7 Å². The lowest BCUT2D eigenvalue weighted by Crippen LogP contribution is -2.42. The summed E-state index contributed by atoms with van der Waals surface area (Å²) in [6.45, 7) is 19.9. The fraction of sp³-hybridized carbons (Fsp3) is 0.667. The van der Waals surface area contributed by atoms with Gasteiger partial charge in [-0.05, 0) is 73.2 Å². The van der Waals surface area contributed by atoms with Gasteiger partial charge in [0.2, 0.25) is 0 Å². The normalized spacial score (nSPS) is 21.3. The van der Waals surface area contributed by atoms with Crippen LogP contribution in [0.4, 0.5) is 0 Å². The minimum Gasteiger partial charge on any atom is -0.425 e. The highest BCUT2D eigenvalue weighted by molar-refractivity contribution is 6.16. The topological polar surface area (TPSA) is 148 Å². The SMILES string of the molecule is C/C(C(=O)OC(C)(C)OC=O)=C1/C=C(NCCOCCOCCCNC2=CC(=C3C(=O)OC(C)(C)OC3=O)CC(C)(C)C2)CC(C)(C)C1. The first kappa shape index (κ1) is 38.8. The van der Waals surface area contributed by atoms with E-state index >= 15 is 0 Å². The summed E-state index contributed by atoms with van der Waals surface area (Å²) < 4.78 is 32.3. The molecule has 0 radical (unpaired) electrons. The minimum atomic E-state index is -1.34. The molecular weight excluding hydrogens is 620 g/mol. The van der Waals surface area contributed by atoms with E-state index < -0.39 is 29.5 Å². The first-order valence-electron chi connectivity index (χ1n) is 16.6. The van der Waals surface area contributed by atoms with Gasteiger partial charge in [-0.25, -0.2) is 14.4 Å². The molecule has 3 rings (SSSR count). The molecule has 3 aliphatic rings. The van der Waals surface area contributed by atoms with Gasteiger partial charge < -0.3 is 39.1 Å². The zero-order chi connectivity index (χ0) is 35.8. The molecule has 0 unspecified atom stereocenters. The number of hydrogen-bond acceptors (Lipinski definition) is 12. The molecule has 0 aromatic rings. The van der Waals surface area contributed by atoms with Crippen molar-refractivity contribution in [1.29, 1.82) is 0 Å². The Hall–Kier alpha value is -3.64. The second-order valence-electron chi connectivity index (χ2n) is 15.0. The van der Waals surface area contributed by atoms with Crippen molar-refractivity contribution in [1.82, 2.24) is 10.6 Å². The molecule has 12 heteroatoms. The van der Waals surface area contributed by atoms with E-state index in [0.717, 1.165) is 42.7 Å². The van der Waals surface area contributed by atoms with Gasteiger partial charge in [-0.3, -0.25) is 4.79 Å². The summed E-state index contributed by atoms with van der Waals surface area (Å²) in [5, 5.41) is 6.86. The summed E-state index contributed by atoms with van der Waals surface area (Å²) in [7, 11) is 0. The van der Waals surface area contributed by atoms with Crippen LogP contribution in [0.5, 0.6) is 0 Å². The fourth-order valence-electron chi connectivity index (χ4n) is 5.96. The number of hydrogen-bond donors (Lipinski definition) is 2. The third-order valence-electron chi connectivity index (χ3n) is 8.03. The standard InChI is InChI=1S/C36H54N2O10/c1-24(30(40)46-35(6,7)45-23-39)25-17-27(21-33(2,3)19-25)38-12-14-44-16-15-43-13-10-11-37-28-18-26(20-34(4,5)22-28)29-31(41)47-36(8,9)48-32(29)42/h17-18,23,37-38H,10-16,19-22H2,1-9H3/b25-24+. The second kappa shape index (κ2) is 16.2. The molecule has 0 atom stereocenters. The molecule has 1 saturated heterocycles. The van der Waals surface area contributed by atoms with Crippen molar-refractivity contribution in [3.63, 3.8) is 0 Å². The molecule has 0 aromatic heterocycles. The Bertz CT molecular complexity index is 1330. The molecule has 0 amide bonds. The highest BCUT2D eigenvalue weighted by Crippen LogP contribution is 2.40. The van der Waals surface area contributed by atoms with Gasteiger partial charge in [-0.1, -0.05) is 27.7 Å². The van der Waals surface area contributed by atoms with Crippen molar-refractivity contribution in [3.8, 4) is 0 Å². The highest BCUT2D eigenvalue weighted by Gasteiger charge is 2.42. The van der Waals surface area contributed by atoms with Gasteiger partial charge in [-0.2, -0.15) is 0 Å². The van der Waals surface area contributed by atoms with Crippen LogP contribution in [0.15, 0.2) is 45.8 Å². The van der Waals surface area contributed by atoms with E-state index in [-0.39, 0.29) is 22.9 Å². The lowest BCUT2D eigenvalue weighted by atomic mass is 9.76. The molecular formula is C36H54N2O10. The van der Waals surface area contributed by atoms with Gasteiger partial charge in [0.1, 0.15) is 5.57 Å². The van der Waals surface area contributed by atoms with Crippen LogP contribution in [0.2, 0.25) is 0 Å². The lowest BCUT2D eigenvalue weighted by molar-refractivity contribution is -0.222. The first-order valence-corrected chi connectivity index (χ1v) is 16.6. The monoisotopic (exact) mass is 674 g/mol. The Morgan fingerprint density at radius 3 is 2.02 bits per heavy atom. The molecule has 12 nitrogen and oxygen atoms in total. The number of carbonyl (C=O) groups is 4. The summed E-state index contributed by atoms with van der Waals surface area (Å²) in [6, 6.07) is 0. The first-order chi connectivity index (χ1) is 22.3. The molecule has 1 heterocycles. The van der Waals surface area contributed by atoms with E-state index in [0.29, 0.717) is 57.1 Å². The van der Waals surface area contributed by atoms with Gasteiger partial charge in [-0.15, -0.1) is 0 Å². The van der Waals surface area contributed by atoms with E-state index in [2.05, 4.69) is 38.3 Å². The van der Waals surface area contributed by atoms with Crippen LogP contribution in [0.1, 0.15) is 94.4 Å². The van der Waals surface area contributed by atoms with Crippen molar-refractivity contribution in [2.45, 2.75) is 106 Å². The quantitative estimate of drug-likeness (QED) is 0.0573. The Kier molecular flexibility index (Phi) is 13.1. The van der Waals surface area contributed by atoms with Crippen LogP contribution in [0.25, 0.3) is 0 Å². The van der Waals surface area contributed by atoms with Gasteiger partial charge in [0.25, 0.3) is 18.0 Å². The van der Waals surface area contributed by atoms with Gasteiger partial charge in [0.05, 0.1) is 19.8 Å². The highest BCUT2D eigenvalue weighted by atomic mass is 16.7. The minimum absolute atomic E-state index is 0.0267. The molecule has 48 heavy (non-hydrogen) atoms. The largest absolute Gasteiger partial charge is 0.425 e. The molecule has 0 bridgehead atoms. The number of ether oxygens (including phenoxy) is 6. The number of rotatable bonds is 16. The van der Waals surface area contributed by atoms with E-state index in [9.17, 15) is 19.2 Å². The van der Waals surface area contributed by atoms with E-state index in [4.69, 9.17) is 28.4 Å². The van der Waals surface area contributed by atoms with Crippen LogP contribution in [-0.2, 0) is 47.6 Å². The van der Waals surface area contributed by atoms with Gasteiger partial charge in [0.15, 0.2) is 0 Å². The van der Waals surface area contributed by atoms with Crippen molar-refractivity contribution >= 4 is 24.4 Å². The maximum atomic E-state index is 12.7. The number of cyclic esters (lactones) is 2. The summed E-state index contributed by atoms with van der Waals surface area (Å²) in [6.07, 6.45) is 7.55. The maximum absolute atomic E-state index is 12.7. The van der Waals surface area contributed by atoms with Crippen LogP contribution in [-0.4, -0.2) is 75.5 Å². The van der Waals surface area contributed by atoms with Crippen molar-refractivity contribution < 1.29 is 47.6 Å². The molecule has 0 aromatic carbocycles. The third kappa shape index (κ3) is 12.1.